The summed E-state index contributed by atoms with van der Waals surface area (Å²) in [4.78, 5) is 12.4. The van der Waals surface area contributed by atoms with E-state index >= 15 is 0 Å². The lowest BCUT2D eigenvalue weighted by Gasteiger charge is -2.11. The summed E-state index contributed by atoms with van der Waals surface area (Å²) >= 11 is 0. The molecule has 0 aliphatic rings. The lowest BCUT2D eigenvalue weighted by Crippen LogP contribution is -2.12. The van der Waals surface area contributed by atoms with Crippen molar-refractivity contribution in [3.63, 3.8) is 0 Å². The first kappa shape index (κ1) is 17.9. The van der Waals surface area contributed by atoms with Crippen molar-refractivity contribution in [2.75, 3.05) is 5.32 Å². The number of unbranched alkanes of at least 4 members (excludes halogenated alkanes) is 1. The van der Waals surface area contributed by atoms with Crippen LogP contribution in [-0.2, 0) is 12.8 Å². The molecule has 3 aromatic carbocycles. The van der Waals surface area contributed by atoms with E-state index in [1.165, 1.54) is 17.5 Å². The number of amides is 1. The van der Waals surface area contributed by atoms with E-state index in [2.05, 4.69) is 53.8 Å². The SMILES string of the molecule is Cc1ccc(CCCCc2ccccc2)cc1NC(=O)c1ccccc1. The molecule has 0 fully saturated rings. The Hall–Kier alpha value is -2.87. The van der Waals surface area contributed by atoms with E-state index in [1.54, 1.807) is 0 Å². The second kappa shape index (κ2) is 9.00. The molecule has 0 heterocycles. The van der Waals surface area contributed by atoms with Gasteiger partial charge < -0.3 is 5.32 Å². The van der Waals surface area contributed by atoms with Crippen LogP contribution in [-0.4, -0.2) is 5.91 Å². The summed E-state index contributed by atoms with van der Waals surface area (Å²) in [5, 5.41) is 3.04. The van der Waals surface area contributed by atoms with E-state index in [-0.39, 0.29) is 5.91 Å². The van der Waals surface area contributed by atoms with Gasteiger partial charge >= 0.3 is 0 Å². The number of aryl methyl sites for hydroxylation is 3. The Morgan fingerprint density at radius 2 is 1.38 bits per heavy atom. The molecule has 0 saturated heterocycles. The lowest BCUT2D eigenvalue weighted by atomic mass is 10.0. The Kier molecular flexibility index (Phi) is 6.21. The van der Waals surface area contributed by atoms with Gasteiger partial charge in [-0.05, 0) is 67.5 Å². The fourth-order valence-electron chi connectivity index (χ4n) is 3.05. The summed E-state index contributed by atoms with van der Waals surface area (Å²) < 4.78 is 0. The predicted octanol–water partition coefficient (Wildman–Crippen LogP) is 5.81. The van der Waals surface area contributed by atoms with Crippen molar-refractivity contribution >= 4 is 11.6 Å². The minimum atomic E-state index is -0.0603. The van der Waals surface area contributed by atoms with Crippen LogP contribution in [0, 0.1) is 6.92 Å². The first-order chi connectivity index (χ1) is 12.7. The van der Waals surface area contributed by atoms with Gasteiger partial charge in [0, 0.05) is 11.3 Å². The Balaban J connectivity index is 1.56. The van der Waals surface area contributed by atoms with Gasteiger partial charge in [-0.1, -0.05) is 60.7 Å². The average molecular weight is 343 g/mol. The van der Waals surface area contributed by atoms with Crippen LogP contribution in [0.2, 0.25) is 0 Å². The quantitative estimate of drug-likeness (QED) is 0.539. The van der Waals surface area contributed by atoms with Gasteiger partial charge in [0.1, 0.15) is 0 Å². The fraction of sp³-hybridized carbons (Fsp3) is 0.208. The Labute approximate surface area is 155 Å². The van der Waals surface area contributed by atoms with E-state index in [1.807, 2.05) is 37.3 Å². The van der Waals surface area contributed by atoms with Gasteiger partial charge in [0.15, 0.2) is 0 Å². The number of carbonyl (C=O) groups excluding carboxylic acids is 1. The largest absolute Gasteiger partial charge is 0.322 e. The molecule has 1 amide bonds. The summed E-state index contributed by atoms with van der Waals surface area (Å²) in [5.74, 6) is -0.0603. The number of anilines is 1. The molecule has 0 aromatic heterocycles. The molecular weight excluding hydrogens is 318 g/mol. The van der Waals surface area contributed by atoms with Crippen LogP contribution < -0.4 is 5.32 Å². The van der Waals surface area contributed by atoms with Crippen LogP contribution in [0.4, 0.5) is 5.69 Å². The van der Waals surface area contributed by atoms with Crippen LogP contribution in [0.3, 0.4) is 0 Å². The molecule has 0 aliphatic heterocycles. The van der Waals surface area contributed by atoms with Gasteiger partial charge in [-0.15, -0.1) is 0 Å². The van der Waals surface area contributed by atoms with E-state index < -0.39 is 0 Å². The number of benzene rings is 3. The van der Waals surface area contributed by atoms with Crippen molar-refractivity contribution in [2.45, 2.75) is 32.6 Å². The first-order valence-corrected chi connectivity index (χ1v) is 9.22. The fourth-order valence-corrected chi connectivity index (χ4v) is 3.05. The number of nitrogens with one attached hydrogen (secondary N) is 1. The predicted molar refractivity (Wildman–Crippen MR) is 109 cm³/mol. The van der Waals surface area contributed by atoms with Crippen LogP contribution in [0.15, 0.2) is 78.9 Å². The second-order valence-electron chi connectivity index (χ2n) is 6.66. The number of hydrogen-bond donors (Lipinski definition) is 1. The number of rotatable bonds is 7. The highest BCUT2D eigenvalue weighted by atomic mass is 16.1. The molecular formula is C24H25NO. The molecule has 0 atom stereocenters. The highest BCUT2D eigenvalue weighted by molar-refractivity contribution is 6.04. The lowest BCUT2D eigenvalue weighted by molar-refractivity contribution is 0.102. The van der Waals surface area contributed by atoms with Gasteiger partial charge in [-0.3, -0.25) is 4.79 Å². The molecule has 0 saturated carbocycles. The number of hydrogen-bond acceptors (Lipinski definition) is 1. The maximum absolute atomic E-state index is 12.4. The van der Waals surface area contributed by atoms with Gasteiger partial charge in [-0.25, -0.2) is 0 Å². The van der Waals surface area contributed by atoms with Crippen molar-refractivity contribution in [2.24, 2.45) is 0 Å². The highest BCUT2D eigenvalue weighted by Crippen LogP contribution is 2.20. The minimum Gasteiger partial charge on any atom is -0.322 e. The third kappa shape index (κ3) is 5.06. The summed E-state index contributed by atoms with van der Waals surface area (Å²) in [7, 11) is 0. The topological polar surface area (TPSA) is 29.1 Å². The first-order valence-electron chi connectivity index (χ1n) is 9.22. The molecule has 0 bridgehead atoms. The van der Waals surface area contributed by atoms with E-state index in [0.29, 0.717) is 5.56 Å². The molecule has 26 heavy (non-hydrogen) atoms. The molecule has 0 spiro atoms. The third-order valence-electron chi connectivity index (χ3n) is 4.61. The van der Waals surface area contributed by atoms with E-state index in [9.17, 15) is 4.79 Å². The van der Waals surface area contributed by atoms with Crippen molar-refractivity contribution in [3.05, 3.63) is 101 Å². The van der Waals surface area contributed by atoms with Crippen LogP contribution >= 0.6 is 0 Å². The van der Waals surface area contributed by atoms with Crippen molar-refractivity contribution in [1.82, 2.24) is 0 Å². The molecule has 0 unspecified atom stereocenters. The maximum Gasteiger partial charge on any atom is 0.255 e. The van der Waals surface area contributed by atoms with Crippen LogP contribution in [0.25, 0.3) is 0 Å². The van der Waals surface area contributed by atoms with Gasteiger partial charge in [0.2, 0.25) is 0 Å². The summed E-state index contributed by atoms with van der Waals surface area (Å²) in [5.41, 5.74) is 5.33. The molecule has 2 heteroatoms. The normalized spacial score (nSPS) is 10.5. The average Bonchev–Trinajstić information content (AvgIpc) is 2.69. The van der Waals surface area contributed by atoms with Gasteiger partial charge in [-0.2, -0.15) is 0 Å². The summed E-state index contributed by atoms with van der Waals surface area (Å²) in [6.45, 7) is 2.03. The molecule has 1 N–H and O–H groups in total. The van der Waals surface area contributed by atoms with Crippen LogP contribution in [0.1, 0.15) is 39.9 Å². The molecule has 0 aliphatic carbocycles. The number of carbonyl (C=O) groups is 1. The molecule has 3 rings (SSSR count). The molecule has 3 aromatic rings. The Morgan fingerprint density at radius 3 is 2.08 bits per heavy atom. The van der Waals surface area contributed by atoms with E-state index in [4.69, 9.17) is 0 Å². The molecule has 0 radical (unpaired) electrons. The van der Waals surface area contributed by atoms with Gasteiger partial charge in [0.05, 0.1) is 0 Å². The summed E-state index contributed by atoms with van der Waals surface area (Å²) in [6.07, 6.45) is 4.46. The Bertz CT molecular complexity index is 841. The smallest absolute Gasteiger partial charge is 0.255 e. The second-order valence-corrected chi connectivity index (χ2v) is 6.66. The monoisotopic (exact) mass is 343 g/mol. The zero-order valence-corrected chi connectivity index (χ0v) is 15.2. The zero-order valence-electron chi connectivity index (χ0n) is 15.2. The van der Waals surface area contributed by atoms with Crippen molar-refractivity contribution in [1.29, 1.82) is 0 Å². The third-order valence-corrected chi connectivity index (χ3v) is 4.61. The molecule has 2 nitrogen and oxygen atoms in total. The summed E-state index contributed by atoms with van der Waals surface area (Å²) in [6, 6.07) is 26.3. The molecule has 132 valence electrons. The zero-order chi connectivity index (χ0) is 18.2. The Morgan fingerprint density at radius 1 is 0.769 bits per heavy atom. The highest BCUT2D eigenvalue weighted by Gasteiger charge is 2.08. The van der Waals surface area contributed by atoms with Gasteiger partial charge in [0.25, 0.3) is 5.91 Å². The van der Waals surface area contributed by atoms with E-state index in [0.717, 1.165) is 30.5 Å². The standard InChI is InChI=1S/C24H25NO/c1-19-16-17-21(13-9-8-12-20-10-4-2-5-11-20)18-23(19)25-24(26)22-14-6-3-7-15-22/h2-7,10-11,14-18H,8-9,12-13H2,1H3,(H,25,26). The maximum atomic E-state index is 12.4. The van der Waals surface area contributed by atoms with Crippen molar-refractivity contribution < 1.29 is 4.79 Å². The van der Waals surface area contributed by atoms with Crippen LogP contribution in [0.5, 0.6) is 0 Å². The minimum absolute atomic E-state index is 0.0603. The van der Waals surface area contributed by atoms with Crippen molar-refractivity contribution in [3.8, 4) is 0 Å².